The van der Waals surface area contributed by atoms with Gasteiger partial charge >= 0.3 is 0 Å². The number of pyridine rings is 2. The lowest BCUT2D eigenvalue weighted by Gasteiger charge is -2.07. The van der Waals surface area contributed by atoms with Crippen LogP contribution < -0.4 is 11.1 Å². The Balaban J connectivity index is 2.18. The molecule has 0 aliphatic rings. The molecular formula is C12H11BrN2O2. The SMILES string of the molecule is O=c1ccccn1CCn1cc(Br)ccc1=O. The van der Waals surface area contributed by atoms with E-state index in [0.717, 1.165) is 4.47 Å². The number of rotatable bonds is 3. The summed E-state index contributed by atoms with van der Waals surface area (Å²) in [6.07, 6.45) is 3.43. The Morgan fingerprint density at radius 3 is 2.41 bits per heavy atom. The molecule has 88 valence electrons. The van der Waals surface area contributed by atoms with Gasteiger partial charge in [-0.3, -0.25) is 9.59 Å². The Morgan fingerprint density at radius 2 is 1.65 bits per heavy atom. The zero-order chi connectivity index (χ0) is 12.3. The van der Waals surface area contributed by atoms with E-state index >= 15 is 0 Å². The second kappa shape index (κ2) is 5.14. The van der Waals surface area contributed by atoms with Crippen molar-refractivity contribution in [3.05, 3.63) is 67.9 Å². The molecule has 17 heavy (non-hydrogen) atoms. The van der Waals surface area contributed by atoms with Crippen LogP contribution in [0.25, 0.3) is 0 Å². The van der Waals surface area contributed by atoms with Crippen molar-refractivity contribution >= 4 is 15.9 Å². The fourth-order valence-electron chi connectivity index (χ4n) is 1.54. The van der Waals surface area contributed by atoms with Gasteiger partial charge in [0.2, 0.25) is 0 Å². The van der Waals surface area contributed by atoms with Gasteiger partial charge in [-0.2, -0.15) is 0 Å². The van der Waals surface area contributed by atoms with Crippen LogP contribution in [0, 0.1) is 0 Å². The topological polar surface area (TPSA) is 44.0 Å². The maximum absolute atomic E-state index is 11.5. The molecule has 0 unspecified atom stereocenters. The van der Waals surface area contributed by atoms with Crippen molar-refractivity contribution in [3.63, 3.8) is 0 Å². The molecule has 0 saturated carbocycles. The second-order valence-electron chi connectivity index (χ2n) is 3.61. The molecule has 0 amide bonds. The molecule has 0 atom stereocenters. The van der Waals surface area contributed by atoms with Crippen LogP contribution in [0.4, 0.5) is 0 Å². The van der Waals surface area contributed by atoms with Crippen LogP contribution in [0.2, 0.25) is 0 Å². The molecule has 2 rings (SSSR count). The molecule has 0 fully saturated rings. The summed E-state index contributed by atoms with van der Waals surface area (Å²) in [5.74, 6) is 0. The monoisotopic (exact) mass is 294 g/mol. The van der Waals surface area contributed by atoms with E-state index in [4.69, 9.17) is 0 Å². The first-order valence-electron chi connectivity index (χ1n) is 5.18. The van der Waals surface area contributed by atoms with Gasteiger partial charge in [-0.1, -0.05) is 6.07 Å². The number of nitrogens with zero attached hydrogens (tertiary/aromatic N) is 2. The zero-order valence-electron chi connectivity index (χ0n) is 9.04. The highest BCUT2D eigenvalue weighted by Crippen LogP contribution is 2.04. The minimum atomic E-state index is -0.0721. The van der Waals surface area contributed by atoms with E-state index in [1.54, 1.807) is 39.7 Å². The lowest BCUT2D eigenvalue weighted by molar-refractivity contribution is 0.552. The fraction of sp³-hybridized carbons (Fsp3) is 0.167. The molecule has 0 saturated heterocycles. The van der Waals surface area contributed by atoms with Gasteiger partial charge in [0, 0.05) is 42.1 Å². The van der Waals surface area contributed by atoms with Crippen LogP contribution in [0.15, 0.2) is 56.8 Å². The second-order valence-corrected chi connectivity index (χ2v) is 4.53. The Morgan fingerprint density at radius 1 is 0.941 bits per heavy atom. The third-order valence-corrected chi connectivity index (χ3v) is 2.90. The van der Waals surface area contributed by atoms with Crippen molar-refractivity contribution in [3.8, 4) is 0 Å². The Hall–Kier alpha value is -1.62. The van der Waals surface area contributed by atoms with Crippen LogP contribution in [-0.4, -0.2) is 9.13 Å². The summed E-state index contributed by atoms with van der Waals surface area (Å²) < 4.78 is 3.99. The molecule has 0 radical (unpaired) electrons. The average molecular weight is 295 g/mol. The van der Waals surface area contributed by atoms with Gasteiger partial charge < -0.3 is 9.13 Å². The normalized spacial score (nSPS) is 10.4. The third-order valence-electron chi connectivity index (χ3n) is 2.43. The van der Waals surface area contributed by atoms with E-state index in [2.05, 4.69) is 15.9 Å². The van der Waals surface area contributed by atoms with Crippen LogP contribution in [0.5, 0.6) is 0 Å². The summed E-state index contributed by atoms with van der Waals surface area (Å²) in [5.41, 5.74) is -0.132. The molecule has 0 aromatic carbocycles. The summed E-state index contributed by atoms with van der Waals surface area (Å²) in [6.45, 7) is 0.957. The van der Waals surface area contributed by atoms with Gasteiger partial charge in [-0.05, 0) is 28.1 Å². The first kappa shape index (κ1) is 11.9. The van der Waals surface area contributed by atoms with E-state index in [0.29, 0.717) is 13.1 Å². The van der Waals surface area contributed by atoms with E-state index in [-0.39, 0.29) is 11.1 Å². The largest absolute Gasteiger partial charge is 0.314 e. The Bertz CT molecular complexity index is 631. The summed E-state index contributed by atoms with van der Waals surface area (Å²) >= 11 is 3.31. The molecule has 5 heteroatoms. The maximum Gasteiger partial charge on any atom is 0.250 e. The Labute approximate surface area is 106 Å². The number of hydrogen-bond donors (Lipinski definition) is 0. The lowest BCUT2D eigenvalue weighted by atomic mass is 10.4. The van der Waals surface area contributed by atoms with Gasteiger partial charge in [-0.25, -0.2) is 0 Å². The van der Waals surface area contributed by atoms with Gasteiger partial charge in [0.25, 0.3) is 11.1 Å². The molecule has 0 bridgehead atoms. The molecule has 0 N–H and O–H groups in total. The van der Waals surface area contributed by atoms with Crippen LogP contribution >= 0.6 is 15.9 Å². The van der Waals surface area contributed by atoms with Gasteiger partial charge in [0.15, 0.2) is 0 Å². The van der Waals surface area contributed by atoms with Crippen molar-refractivity contribution < 1.29 is 0 Å². The van der Waals surface area contributed by atoms with Crippen LogP contribution in [0.3, 0.4) is 0 Å². The minimum Gasteiger partial charge on any atom is -0.314 e. The molecular weight excluding hydrogens is 284 g/mol. The van der Waals surface area contributed by atoms with Crippen molar-refractivity contribution in [2.75, 3.05) is 0 Å². The van der Waals surface area contributed by atoms with Crippen LogP contribution in [-0.2, 0) is 13.1 Å². The predicted octanol–water partition coefficient (Wildman–Crippen LogP) is 1.47. The average Bonchev–Trinajstić information content (AvgIpc) is 2.32. The van der Waals surface area contributed by atoms with Crippen molar-refractivity contribution in [1.82, 2.24) is 9.13 Å². The highest BCUT2D eigenvalue weighted by atomic mass is 79.9. The smallest absolute Gasteiger partial charge is 0.250 e. The van der Waals surface area contributed by atoms with E-state index in [1.165, 1.54) is 12.1 Å². The van der Waals surface area contributed by atoms with Gasteiger partial charge in [0.1, 0.15) is 0 Å². The molecule has 2 aromatic rings. The van der Waals surface area contributed by atoms with Crippen molar-refractivity contribution in [2.24, 2.45) is 0 Å². The lowest BCUT2D eigenvalue weighted by Crippen LogP contribution is -2.25. The van der Waals surface area contributed by atoms with Crippen molar-refractivity contribution in [1.29, 1.82) is 0 Å². The van der Waals surface area contributed by atoms with Gasteiger partial charge in [-0.15, -0.1) is 0 Å². The summed E-state index contributed by atoms with van der Waals surface area (Å²) in [6, 6.07) is 8.20. The quantitative estimate of drug-likeness (QED) is 0.860. The molecule has 2 aromatic heterocycles. The molecule has 0 aliphatic heterocycles. The number of halogens is 1. The molecule has 4 nitrogen and oxygen atoms in total. The number of aryl methyl sites for hydroxylation is 2. The highest BCUT2D eigenvalue weighted by molar-refractivity contribution is 9.10. The first-order chi connectivity index (χ1) is 8.16. The summed E-state index contributed by atoms with van der Waals surface area (Å²) in [5, 5.41) is 0. The van der Waals surface area contributed by atoms with Gasteiger partial charge in [0.05, 0.1) is 0 Å². The van der Waals surface area contributed by atoms with Crippen LogP contribution in [0.1, 0.15) is 0 Å². The molecule has 0 aliphatic carbocycles. The maximum atomic E-state index is 11.5. The standard InChI is InChI=1S/C12H11BrN2O2/c13-10-4-5-12(17)15(9-10)8-7-14-6-2-1-3-11(14)16/h1-6,9H,7-8H2. The van der Waals surface area contributed by atoms with E-state index in [9.17, 15) is 9.59 Å². The zero-order valence-corrected chi connectivity index (χ0v) is 10.6. The summed E-state index contributed by atoms with van der Waals surface area (Å²) in [7, 11) is 0. The van der Waals surface area contributed by atoms with Crippen molar-refractivity contribution in [2.45, 2.75) is 13.1 Å². The highest BCUT2D eigenvalue weighted by Gasteiger charge is 1.98. The first-order valence-corrected chi connectivity index (χ1v) is 5.97. The third kappa shape index (κ3) is 2.94. The molecule has 0 spiro atoms. The summed E-state index contributed by atoms with van der Waals surface area (Å²) in [4.78, 5) is 23.0. The Kier molecular flexibility index (Phi) is 3.58. The minimum absolute atomic E-state index is 0.0597. The molecule has 2 heterocycles. The fourth-order valence-corrected chi connectivity index (χ4v) is 1.92. The predicted molar refractivity (Wildman–Crippen MR) is 69.1 cm³/mol. The number of hydrogen-bond acceptors (Lipinski definition) is 2. The van der Waals surface area contributed by atoms with E-state index < -0.39 is 0 Å². The number of aromatic nitrogens is 2. The van der Waals surface area contributed by atoms with E-state index in [1.807, 2.05) is 0 Å².